The molecule has 1 aliphatic rings. The number of benzene rings is 3. The van der Waals surface area contributed by atoms with Crippen LogP contribution >= 0.6 is 11.6 Å². The third kappa shape index (κ3) is 7.68. The molecule has 0 saturated heterocycles. The molecule has 7 nitrogen and oxygen atoms in total. The van der Waals surface area contributed by atoms with Gasteiger partial charge in [-0.05, 0) is 73.2 Å². The molecule has 0 unspecified atom stereocenters. The number of carbonyl (C=O) groups excluding carboxylic acids is 2. The predicted molar refractivity (Wildman–Crippen MR) is 163 cm³/mol. The quantitative estimate of drug-likeness (QED) is 0.280. The van der Waals surface area contributed by atoms with E-state index in [1.807, 2.05) is 38.1 Å². The number of nitrogens with zero attached hydrogens (tertiary/aromatic N) is 2. The SMILES string of the molecule is CCc1ccc(N(CC(=O)N(Cc2ccc(Cl)cc2)[C@@H](CC)C(=O)NC2CCCC2)S(=O)(=O)c2ccccc2)cc1. The van der Waals surface area contributed by atoms with Crippen LogP contribution in [0.25, 0.3) is 0 Å². The van der Waals surface area contributed by atoms with Crippen molar-refractivity contribution in [3.05, 3.63) is 95.0 Å². The van der Waals surface area contributed by atoms with Crippen molar-refractivity contribution in [2.45, 2.75) is 75.9 Å². The summed E-state index contributed by atoms with van der Waals surface area (Å²) < 4.78 is 29.0. The van der Waals surface area contributed by atoms with E-state index in [9.17, 15) is 18.0 Å². The summed E-state index contributed by atoms with van der Waals surface area (Å²) in [6.45, 7) is 3.57. The van der Waals surface area contributed by atoms with Gasteiger partial charge in [-0.25, -0.2) is 8.42 Å². The normalized spacial score (nSPS) is 14.4. The van der Waals surface area contributed by atoms with E-state index >= 15 is 0 Å². The lowest BCUT2D eigenvalue weighted by Crippen LogP contribution is -2.53. The third-order valence-electron chi connectivity index (χ3n) is 7.60. The van der Waals surface area contributed by atoms with Crippen LogP contribution in [0, 0.1) is 0 Å². The van der Waals surface area contributed by atoms with Gasteiger partial charge < -0.3 is 10.2 Å². The number of nitrogens with one attached hydrogen (secondary N) is 1. The van der Waals surface area contributed by atoms with Crippen LogP contribution in [-0.2, 0) is 32.6 Å². The number of sulfonamides is 1. The molecule has 0 aliphatic heterocycles. The van der Waals surface area contributed by atoms with Crippen molar-refractivity contribution >= 4 is 39.1 Å². The Bertz CT molecular complexity index is 1410. The Morgan fingerprint density at radius 1 is 0.902 bits per heavy atom. The van der Waals surface area contributed by atoms with E-state index in [4.69, 9.17) is 11.6 Å². The second-order valence-corrected chi connectivity index (χ2v) is 12.7. The molecule has 2 amide bonds. The fourth-order valence-corrected chi connectivity index (χ4v) is 6.78. The second kappa shape index (κ2) is 14.0. The molecule has 1 atom stereocenters. The maximum atomic E-state index is 14.2. The van der Waals surface area contributed by atoms with Gasteiger partial charge in [0.15, 0.2) is 0 Å². The van der Waals surface area contributed by atoms with Gasteiger partial charge in [0.1, 0.15) is 12.6 Å². The minimum Gasteiger partial charge on any atom is -0.352 e. The van der Waals surface area contributed by atoms with E-state index in [1.165, 1.54) is 17.0 Å². The average Bonchev–Trinajstić information content (AvgIpc) is 3.50. The van der Waals surface area contributed by atoms with Crippen molar-refractivity contribution in [1.82, 2.24) is 10.2 Å². The van der Waals surface area contributed by atoms with Gasteiger partial charge in [0.2, 0.25) is 11.8 Å². The van der Waals surface area contributed by atoms with E-state index in [0.29, 0.717) is 17.1 Å². The van der Waals surface area contributed by atoms with Crippen LogP contribution in [0.3, 0.4) is 0 Å². The number of halogens is 1. The zero-order valence-electron chi connectivity index (χ0n) is 23.6. The van der Waals surface area contributed by atoms with Gasteiger partial charge in [-0.2, -0.15) is 0 Å². The molecule has 1 N–H and O–H groups in total. The van der Waals surface area contributed by atoms with Gasteiger partial charge in [-0.15, -0.1) is 0 Å². The van der Waals surface area contributed by atoms with Crippen molar-refractivity contribution in [3.63, 3.8) is 0 Å². The maximum Gasteiger partial charge on any atom is 0.264 e. The van der Waals surface area contributed by atoms with Crippen LogP contribution in [0.1, 0.15) is 57.1 Å². The smallest absolute Gasteiger partial charge is 0.264 e. The fraction of sp³-hybridized carbons (Fsp3) is 0.375. The summed E-state index contributed by atoms with van der Waals surface area (Å²) in [7, 11) is -4.08. The summed E-state index contributed by atoms with van der Waals surface area (Å²) >= 11 is 6.09. The Labute approximate surface area is 248 Å². The minimum atomic E-state index is -4.08. The van der Waals surface area contributed by atoms with E-state index in [2.05, 4.69) is 5.32 Å². The molecule has 218 valence electrons. The molecule has 4 rings (SSSR count). The van der Waals surface area contributed by atoms with Crippen LogP contribution in [0.2, 0.25) is 5.02 Å². The summed E-state index contributed by atoms with van der Waals surface area (Å²) in [5.74, 6) is -0.682. The lowest BCUT2D eigenvalue weighted by atomic mass is 10.1. The maximum absolute atomic E-state index is 14.2. The molecule has 0 heterocycles. The van der Waals surface area contributed by atoms with Gasteiger partial charge >= 0.3 is 0 Å². The van der Waals surface area contributed by atoms with Crippen molar-refractivity contribution in [3.8, 4) is 0 Å². The van der Waals surface area contributed by atoms with Gasteiger partial charge in [0.05, 0.1) is 10.6 Å². The van der Waals surface area contributed by atoms with Crippen molar-refractivity contribution < 1.29 is 18.0 Å². The molecule has 3 aromatic carbocycles. The first-order valence-corrected chi connectivity index (χ1v) is 16.1. The van der Waals surface area contributed by atoms with Crippen molar-refractivity contribution in [2.24, 2.45) is 0 Å². The highest BCUT2D eigenvalue weighted by Crippen LogP contribution is 2.26. The number of hydrogen-bond donors (Lipinski definition) is 1. The van der Waals surface area contributed by atoms with Crippen LogP contribution in [0.15, 0.2) is 83.8 Å². The third-order valence-corrected chi connectivity index (χ3v) is 9.64. The second-order valence-electron chi connectivity index (χ2n) is 10.4. The minimum absolute atomic E-state index is 0.0858. The lowest BCUT2D eigenvalue weighted by Gasteiger charge is -2.33. The molecule has 0 radical (unpaired) electrons. The first kappa shape index (κ1) is 30.6. The topological polar surface area (TPSA) is 86.8 Å². The number of amides is 2. The van der Waals surface area contributed by atoms with Gasteiger partial charge in [0, 0.05) is 17.6 Å². The number of anilines is 1. The molecule has 1 saturated carbocycles. The molecule has 0 bridgehead atoms. The zero-order chi connectivity index (χ0) is 29.4. The van der Waals surface area contributed by atoms with E-state index in [0.717, 1.165) is 47.5 Å². The average molecular weight is 596 g/mol. The first-order valence-electron chi connectivity index (χ1n) is 14.2. The summed E-state index contributed by atoms with van der Waals surface area (Å²) in [6, 6.07) is 21.7. The Balaban J connectivity index is 1.70. The molecule has 3 aromatic rings. The lowest BCUT2D eigenvalue weighted by molar-refractivity contribution is -0.140. The zero-order valence-corrected chi connectivity index (χ0v) is 25.2. The fourth-order valence-electron chi connectivity index (χ4n) is 5.22. The highest BCUT2D eigenvalue weighted by molar-refractivity contribution is 7.92. The van der Waals surface area contributed by atoms with Crippen LogP contribution < -0.4 is 9.62 Å². The Kier molecular flexibility index (Phi) is 10.5. The van der Waals surface area contributed by atoms with Crippen molar-refractivity contribution in [2.75, 3.05) is 10.8 Å². The predicted octanol–water partition coefficient (Wildman–Crippen LogP) is 5.96. The Morgan fingerprint density at radius 3 is 2.10 bits per heavy atom. The Hall–Kier alpha value is -3.36. The van der Waals surface area contributed by atoms with E-state index in [-0.39, 0.29) is 23.4 Å². The summed E-state index contributed by atoms with van der Waals surface area (Å²) in [6.07, 6.45) is 5.16. The van der Waals surface area contributed by atoms with Gasteiger partial charge in [-0.1, -0.05) is 80.8 Å². The molecule has 9 heteroatoms. The molecular weight excluding hydrogens is 558 g/mol. The van der Waals surface area contributed by atoms with Crippen LogP contribution in [0.4, 0.5) is 5.69 Å². The largest absolute Gasteiger partial charge is 0.352 e. The number of aryl methyl sites for hydroxylation is 1. The Morgan fingerprint density at radius 2 is 1.51 bits per heavy atom. The van der Waals surface area contributed by atoms with Crippen LogP contribution in [0.5, 0.6) is 0 Å². The summed E-state index contributed by atoms with van der Waals surface area (Å²) in [4.78, 5) is 29.2. The molecule has 0 spiro atoms. The highest BCUT2D eigenvalue weighted by Gasteiger charge is 2.34. The standard InChI is InChI=1S/C32H38ClN3O4S/c1-3-24-16-20-28(21-17-24)36(41(39,40)29-12-6-5-7-13-29)23-31(37)35(22-25-14-18-26(33)19-15-25)30(4-2)32(38)34-27-10-8-9-11-27/h5-7,12-21,27,30H,3-4,8-11,22-23H2,1-2H3,(H,34,38)/t30-/m0/s1. The van der Waals surface area contributed by atoms with Crippen LogP contribution in [-0.4, -0.2) is 43.8 Å². The summed E-state index contributed by atoms with van der Waals surface area (Å²) in [5.41, 5.74) is 2.23. The molecular formula is C32H38ClN3O4S. The van der Waals surface area contributed by atoms with E-state index in [1.54, 1.807) is 42.5 Å². The van der Waals surface area contributed by atoms with Crippen molar-refractivity contribution in [1.29, 1.82) is 0 Å². The number of carbonyl (C=O) groups is 2. The first-order chi connectivity index (χ1) is 19.7. The number of hydrogen-bond acceptors (Lipinski definition) is 4. The molecule has 1 fully saturated rings. The van der Waals surface area contributed by atoms with E-state index < -0.39 is 28.5 Å². The molecule has 0 aromatic heterocycles. The molecule has 1 aliphatic carbocycles. The van der Waals surface area contributed by atoms with Gasteiger partial charge in [0.25, 0.3) is 10.0 Å². The summed E-state index contributed by atoms with van der Waals surface area (Å²) in [5, 5.41) is 3.69. The highest BCUT2D eigenvalue weighted by atomic mass is 35.5. The number of rotatable bonds is 12. The monoisotopic (exact) mass is 595 g/mol. The molecule has 41 heavy (non-hydrogen) atoms. The van der Waals surface area contributed by atoms with Gasteiger partial charge in [-0.3, -0.25) is 13.9 Å².